The fraction of sp³-hybridized carbons (Fsp3) is 0.0769. The molecule has 1 nitrogen and oxygen atoms in total. The first-order valence-electron chi connectivity index (χ1n) is 9.43. The third kappa shape index (κ3) is 8.08. The minimum atomic E-state index is -0.446. The molecule has 4 heteroatoms. The summed E-state index contributed by atoms with van der Waals surface area (Å²) in [5.41, 5.74) is 6.65. The standard InChI is InChI=1S/C18H15P.C8H10N.HI.Pt/c1-4-10-16(11-5-1)19(17-12-6-2-7-13-17)18-14-8-3-9-15-18;1-7(9)8-5-3-2-4-6-8;;/h1-15H;2-5,7H,9H2,1H3;1H;/q;-1;;+4/p-1/t;7-;;/m.0../s1. The molecule has 0 aliphatic heterocycles. The summed E-state index contributed by atoms with van der Waals surface area (Å²) in [5.74, 6) is 0. The van der Waals surface area contributed by atoms with Gasteiger partial charge in [0.15, 0.2) is 0 Å². The summed E-state index contributed by atoms with van der Waals surface area (Å²) in [6.07, 6.45) is 0. The second kappa shape index (κ2) is 14.7. The van der Waals surface area contributed by atoms with Crippen LogP contribution in [0.25, 0.3) is 0 Å². The molecular weight excluding hydrogens is 679 g/mol. The number of halogens is 1. The average molecular weight is 704 g/mol. The van der Waals surface area contributed by atoms with Crippen LogP contribution in [0.15, 0.2) is 115 Å². The molecule has 30 heavy (non-hydrogen) atoms. The molecule has 0 aliphatic rings. The van der Waals surface area contributed by atoms with Crippen molar-refractivity contribution in [2.45, 2.75) is 13.0 Å². The van der Waals surface area contributed by atoms with Crippen molar-refractivity contribution in [3.05, 3.63) is 127 Å². The Kier molecular flexibility index (Phi) is 13.1. The molecule has 4 rings (SSSR count). The quantitative estimate of drug-likeness (QED) is 0.197. The Morgan fingerprint density at radius 2 is 1.00 bits per heavy atom. The number of hydrogen-bond acceptors (Lipinski definition) is 1. The Hall–Kier alpha value is -1.31. The second-order valence-electron chi connectivity index (χ2n) is 6.45. The van der Waals surface area contributed by atoms with Gasteiger partial charge in [-0.2, -0.15) is 30.3 Å². The summed E-state index contributed by atoms with van der Waals surface area (Å²) in [4.78, 5) is 0. The van der Waals surface area contributed by atoms with Crippen LogP contribution in [-0.4, -0.2) is 0 Å². The summed E-state index contributed by atoms with van der Waals surface area (Å²) in [6.45, 7) is 1.95. The Morgan fingerprint density at radius 1 is 0.633 bits per heavy atom. The Balaban J connectivity index is 0.000000351. The van der Waals surface area contributed by atoms with E-state index in [-0.39, 0.29) is 51.1 Å². The van der Waals surface area contributed by atoms with Gasteiger partial charge in [0.1, 0.15) is 0 Å². The smallest absolute Gasteiger partial charge is 1.00 e. The van der Waals surface area contributed by atoms with Gasteiger partial charge in [-0.1, -0.05) is 91.0 Å². The van der Waals surface area contributed by atoms with Crippen molar-refractivity contribution < 1.29 is 45.0 Å². The minimum Gasteiger partial charge on any atom is -1.00 e. The Labute approximate surface area is 213 Å². The van der Waals surface area contributed by atoms with Crippen molar-refractivity contribution in [1.82, 2.24) is 0 Å². The average Bonchev–Trinajstić information content (AvgIpc) is 2.77. The van der Waals surface area contributed by atoms with E-state index in [0.717, 1.165) is 5.56 Å². The number of nitrogens with two attached hydrogens (primary N) is 1. The summed E-state index contributed by atoms with van der Waals surface area (Å²) >= 11 is 0. The largest absolute Gasteiger partial charge is 4.00 e. The van der Waals surface area contributed by atoms with Crippen molar-refractivity contribution in [2.24, 2.45) is 5.73 Å². The maximum absolute atomic E-state index is 5.58. The third-order valence-corrected chi connectivity index (χ3v) is 6.71. The van der Waals surface area contributed by atoms with E-state index < -0.39 is 7.92 Å². The van der Waals surface area contributed by atoms with Crippen molar-refractivity contribution in [3.8, 4) is 0 Å². The van der Waals surface area contributed by atoms with Crippen molar-refractivity contribution in [2.75, 3.05) is 0 Å². The molecule has 0 saturated heterocycles. The molecule has 4 aromatic rings. The van der Waals surface area contributed by atoms with Crippen LogP contribution < -0.4 is 45.6 Å². The van der Waals surface area contributed by atoms with Crippen LogP contribution in [0.3, 0.4) is 0 Å². The zero-order valence-electron chi connectivity index (χ0n) is 16.8. The monoisotopic (exact) mass is 704 g/mol. The van der Waals surface area contributed by atoms with E-state index in [1.807, 2.05) is 31.2 Å². The maximum Gasteiger partial charge on any atom is 4.00 e. The predicted octanol–water partition coefficient (Wildman–Crippen LogP) is 1.95. The third-order valence-electron chi connectivity index (χ3n) is 4.27. The van der Waals surface area contributed by atoms with Crippen LogP contribution in [0.1, 0.15) is 18.5 Å². The van der Waals surface area contributed by atoms with Gasteiger partial charge in [-0.25, -0.2) is 0 Å². The van der Waals surface area contributed by atoms with E-state index in [4.69, 9.17) is 5.73 Å². The molecule has 0 fully saturated rings. The molecule has 0 radical (unpaired) electrons. The van der Waals surface area contributed by atoms with E-state index >= 15 is 0 Å². The first-order chi connectivity index (χ1) is 13.8. The molecular formula is C26H25INPPt+2. The summed E-state index contributed by atoms with van der Waals surface area (Å²) < 4.78 is 0. The molecule has 0 aliphatic carbocycles. The first kappa shape index (κ1) is 26.7. The maximum atomic E-state index is 5.58. The van der Waals surface area contributed by atoms with Gasteiger partial charge >= 0.3 is 21.1 Å². The summed E-state index contributed by atoms with van der Waals surface area (Å²) in [5, 5.41) is 4.19. The van der Waals surface area contributed by atoms with Gasteiger partial charge in [0, 0.05) is 6.04 Å². The van der Waals surface area contributed by atoms with E-state index in [1.54, 1.807) is 0 Å². The number of hydrogen-bond donors (Lipinski definition) is 1. The van der Waals surface area contributed by atoms with E-state index in [9.17, 15) is 0 Å². The zero-order valence-corrected chi connectivity index (χ0v) is 22.1. The molecule has 0 bridgehead atoms. The molecule has 2 N–H and O–H groups in total. The minimum absolute atomic E-state index is 0. The van der Waals surface area contributed by atoms with Crippen LogP contribution in [-0.2, 0) is 21.1 Å². The van der Waals surface area contributed by atoms with Gasteiger partial charge < -0.3 is 29.7 Å². The Bertz CT molecular complexity index is 842. The molecule has 154 valence electrons. The predicted molar refractivity (Wildman–Crippen MR) is 123 cm³/mol. The molecule has 0 unspecified atom stereocenters. The molecule has 0 spiro atoms. The van der Waals surface area contributed by atoms with Gasteiger partial charge in [-0.05, 0) is 30.8 Å². The normalized spacial score (nSPS) is 10.6. The van der Waals surface area contributed by atoms with Gasteiger partial charge in [-0.3, -0.25) is 0 Å². The fourth-order valence-electron chi connectivity index (χ4n) is 2.87. The molecule has 0 aromatic heterocycles. The van der Waals surface area contributed by atoms with Crippen molar-refractivity contribution in [3.63, 3.8) is 0 Å². The van der Waals surface area contributed by atoms with Crippen LogP contribution in [0, 0.1) is 6.07 Å². The van der Waals surface area contributed by atoms with Crippen molar-refractivity contribution in [1.29, 1.82) is 0 Å². The SMILES string of the molecule is C[C@H](N)c1[c-]cccc1.[I-].[Pt+4].c1ccc(P(c2ccccc2)c2ccccc2)cc1. The molecule has 0 amide bonds. The van der Waals surface area contributed by atoms with Crippen LogP contribution >= 0.6 is 7.92 Å². The van der Waals surface area contributed by atoms with Gasteiger partial charge in [0.2, 0.25) is 0 Å². The van der Waals surface area contributed by atoms with E-state index in [0.29, 0.717) is 0 Å². The van der Waals surface area contributed by atoms with E-state index in [2.05, 4.69) is 97.1 Å². The molecule has 4 aromatic carbocycles. The molecule has 1 atom stereocenters. The molecule has 0 saturated carbocycles. The van der Waals surface area contributed by atoms with Gasteiger partial charge in [-0.15, -0.1) is 5.56 Å². The second-order valence-corrected chi connectivity index (χ2v) is 8.67. The van der Waals surface area contributed by atoms with Crippen LogP contribution in [0.5, 0.6) is 0 Å². The van der Waals surface area contributed by atoms with Crippen LogP contribution in [0.4, 0.5) is 0 Å². The fourth-order valence-corrected chi connectivity index (χ4v) is 5.17. The van der Waals surface area contributed by atoms with E-state index in [1.165, 1.54) is 15.9 Å². The molecule has 0 heterocycles. The zero-order chi connectivity index (χ0) is 19.6. The number of benzene rings is 4. The number of rotatable bonds is 4. The van der Waals surface area contributed by atoms with Crippen molar-refractivity contribution >= 4 is 23.8 Å². The van der Waals surface area contributed by atoms with Gasteiger partial charge in [0.05, 0.1) is 0 Å². The van der Waals surface area contributed by atoms with Gasteiger partial charge in [0.25, 0.3) is 0 Å². The summed E-state index contributed by atoms with van der Waals surface area (Å²) in [6, 6.07) is 43.2. The van der Waals surface area contributed by atoms with Crippen LogP contribution in [0.2, 0.25) is 0 Å². The Morgan fingerprint density at radius 3 is 1.27 bits per heavy atom. The topological polar surface area (TPSA) is 26.0 Å². The summed E-state index contributed by atoms with van der Waals surface area (Å²) in [7, 11) is -0.446. The first-order valence-corrected chi connectivity index (χ1v) is 10.8.